The van der Waals surface area contributed by atoms with Crippen LogP contribution in [0.4, 0.5) is 0 Å². The Morgan fingerprint density at radius 3 is 2.83 bits per heavy atom. The number of rotatable bonds is 4. The van der Waals surface area contributed by atoms with Crippen molar-refractivity contribution in [1.29, 1.82) is 0 Å². The molecule has 0 unspecified atom stereocenters. The van der Waals surface area contributed by atoms with E-state index in [0.717, 1.165) is 5.39 Å². The summed E-state index contributed by atoms with van der Waals surface area (Å²) in [5.41, 5.74) is 0.885. The number of halogens is 1. The molecule has 0 atom stereocenters. The molecule has 96 valence electrons. The van der Waals surface area contributed by atoms with Crippen LogP contribution in [0.3, 0.4) is 0 Å². The van der Waals surface area contributed by atoms with E-state index in [-0.39, 0.29) is 5.15 Å². The minimum atomic E-state index is -0.412. The van der Waals surface area contributed by atoms with Crippen molar-refractivity contribution in [1.82, 2.24) is 9.97 Å². The second-order valence-electron chi connectivity index (χ2n) is 3.55. The second kappa shape index (κ2) is 5.27. The standard InChI is InChI=1S/C12H13ClN2O3/c1-3-17-9-6-7-5-8(12(16)18-4-2)14-11(7)15-10(9)13/h5-6H,3-4H2,1-2H3,(H,14,15). The lowest BCUT2D eigenvalue weighted by Gasteiger charge is -2.03. The second-order valence-corrected chi connectivity index (χ2v) is 3.91. The van der Waals surface area contributed by atoms with Gasteiger partial charge in [0, 0.05) is 5.39 Å². The number of nitrogens with zero attached hydrogens (tertiary/aromatic N) is 1. The highest BCUT2D eigenvalue weighted by atomic mass is 35.5. The van der Waals surface area contributed by atoms with Crippen LogP contribution in [-0.4, -0.2) is 29.2 Å². The van der Waals surface area contributed by atoms with Gasteiger partial charge in [-0.1, -0.05) is 11.6 Å². The third-order valence-corrected chi connectivity index (χ3v) is 2.59. The number of H-pyrrole nitrogens is 1. The number of hydrogen-bond acceptors (Lipinski definition) is 4. The Labute approximate surface area is 109 Å². The maximum atomic E-state index is 11.6. The van der Waals surface area contributed by atoms with Gasteiger partial charge in [0.2, 0.25) is 0 Å². The molecule has 0 aliphatic carbocycles. The van der Waals surface area contributed by atoms with E-state index in [4.69, 9.17) is 21.1 Å². The molecule has 0 amide bonds. The van der Waals surface area contributed by atoms with Crippen LogP contribution in [0.25, 0.3) is 11.0 Å². The molecular weight excluding hydrogens is 256 g/mol. The van der Waals surface area contributed by atoms with Crippen molar-refractivity contribution in [2.24, 2.45) is 0 Å². The van der Waals surface area contributed by atoms with E-state index in [9.17, 15) is 4.79 Å². The molecule has 0 bridgehead atoms. The van der Waals surface area contributed by atoms with Gasteiger partial charge in [0.15, 0.2) is 10.9 Å². The molecule has 2 aromatic heterocycles. The average molecular weight is 269 g/mol. The van der Waals surface area contributed by atoms with Crippen LogP contribution >= 0.6 is 11.6 Å². The summed E-state index contributed by atoms with van der Waals surface area (Å²) < 4.78 is 10.2. The number of esters is 1. The van der Waals surface area contributed by atoms with Crippen LogP contribution in [0.5, 0.6) is 5.75 Å². The molecule has 1 N–H and O–H groups in total. The fourth-order valence-corrected chi connectivity index (χ4v) is 1.79. The molecule has 0 radical (unpaired) electrons. The van der Waals surface area contributed by atoms with E-state index in [1.807, 2.05) is 6.92 Å². The zero-order valence-electron chi connectivity index (χ0n) is 10.1. The molecule has 18 heavy (non-hydrogen) atoms. The number of pyridine rings is 1. The Bertz CT molecular complexity index is 580. The predicted molar refractivity (Wildman–Crippen MR) is 68.2 cm³/mol. The number of nitrogens with one attached hydrogen (secondary N) is 1. The SMILES string of the molecule is CCOC(=O)c1cc2cc(OCC)c(Cl)nc2[nH]1. The van der Waals surface area contributed by atoms with Gasteiger partial charge in [-0.15, -0.1) is 0 Å². The largest absolute Gasteiger partial charge is 0.491 e. The van der Waals surface area contributed by atoms with Gasteiger partial charge in [0.1, 0.15) is 11.3 Å². The highest BCUT2D eigenvalue weighted by Gasteiger charge is 2.13. The zero-order chi connectivity index (χ0) is 13.1. The number of aromatic amines is 1. The minimum absolute atomic E-state index is 0.265. The molecule has 0 fully saturated rings. The van der Waals surface area contributed by atoms with Gasteiger partial charge in [-0.05, 0) is 26.0 Å². The molecule has 2 rings (SSSR count). The molecule has 0 saturated heterocycles. The van der Waals surface area contributed by atoms with E-state index in [0.29, 0.717) is 30.3 Å². The molecule has 2 heterocycles. The Balaban J connectivity index is 2.42. The van der Waals surface area contributed by atoms with Crippen molar-refractivity contribution in [2.75, 3.05) is 13.2 Å². The maximum Gasteiger partial charge on any atom is 0.354 e. The first-order valence-electron chi connectivity index (χ1n) is 5.64. The molecule has 0 aliphatic heterocycles. The molecule has 0 spiro atoms. The molecule has 6 heteroatoms. The molecule has 2 aromatic rings. The summed E-state index contributed by atoms with van der Waals surface area (Å²) in [6.45, 7) is 4.44. The lowest BCUT2D eigenvalue weighted by Crippen LogP contribution is -2.04. The summed E-state index contributed by atoms with van der Waals surface area (Å²) in [6, 6.07) is 3.41. The summed E-state index contributed by atoms with van der Waals surface area (Å²) >= 11 is 5.96. The number of carbonyl (C=O) groups excluding carboxylic acids is 1. The summed E-state index contributed by atoms with van der Waals surface area (Å²) in [7, 11) is 0. The third-order valence-electron chi connectivity index (χ3n) is 2.32. The van der Waals surface area contributed by atoms with Crippen LogP contribution in [0.1, 0.15) is 24.3 Å². The van der Waals surface area contributed by atoms with Crippen LogP contribution < -0.4 is 4.74 Å². The van der Waals surface area contributed by atoms with Crippen LogP contribution in [-0.2, 0) is 4.74 Å². The van der Waals surface area contributed by atoms with Crippen molar-refractivity contribution in [3.8, 4) is 5.75 Å². The van der Waals surface area contributed by atoms with Crippen molar-refractivity contribution in [3.63, 3.8) is 0 Å². The van der Waals surface area contributed by atoms with Gasteiger partial charge in [-0.3, -0.25) is 0 Å². The summed E-state index contributed by atoms with van der Waals surface area (Å²) in [6.07, 6.45) is 0. The topological polar surface area (TPSA) is 64.2 Å². The average Bonchev–Trinajstić information content (AvgIpc) is 2.73. The van der Waals surface area contributed by atoms with E-state index in [2.05, 4.69) is 9.97 Å². The fourth-order valence-electron chi connectivity index (χ4n) is 1.59. The monoisotopic (exact) mass is 268 g/mol. The third kappa shape index (κ3) is 2.41. The van der Waals surface area contributed by atoms with Crippen molar-refractivity contribution >= 4 is 28.6 Å². The molecule has 0 aromatic carbocycles. The molecule has 0 aliphatic rings. The number of ether oxygens (including phenoxy) is 2. The Kier molecular flexibility index (Phi) is 3.72. The Hall–Kier alpha value is -1.75. The first-order chi connectivity index (χ1) is 8.65. The van der Waals surface area contributed by atoms with Crippen molar-refractivity contribution < 1.29 is 14.3 Å². The van der Waals surface area contributed by atoms with Crippen LogP contribution in [0, 0.1) is 0 Å². The van der Waals surface area contributed by atoms with E-state index >= 15 is 0 Å². The normalized spacial score (nSPS) is 10.6. The van der Waals surface area contributed by atoms with Gasteiger partial charge in [-0.2, -0.15) is 0 Å². The summed E-state index contributed by atoms with van der Waals surface area (Å²) in [5.74, 6) is 0.0886. The van der Waals surface area contributed by atoms with Crippen molar-refractivity contribution in [3.05, 3.63) is 23.0 Å². The molecular formula is C12H13ClN2O3. The lowest BCUT2D eigenvalue weighted by atomic mass is 10.3. The number of hydrogen-bond donors (Lipinski definition) is 1. The smallest absolute Gasteiger partial charge is 0.354 e. The predicted octanol–water partition coefficient (Wildman–Crippen LogP) is 2.79. The fraction of sp³-hybridized carbons (Fsp3) is 0.333. The highest BCUT2D eigenvalue weighted by molar-refractivity contribution is 6.31. The van der Waals surface area contributed by atoms with Gasteiger partial charge < -0.3 is 14.5 Å². The van der Waals surface area contributed by atoms with Crippen molar-refractivity contribution in [2.45, 2.75) is 13.8 Å². The number of carbonyl (C=O) groups is 1. The van der Waals surface area contributed by atoms with E-state index < -0.39 is 5.97 Å². The van der Waals surface area contributed by atoms with Crippen LogP contribution in [0.15, 0.2) is 12.1 Å². The quantitative estimate of drug-likeness (QED) is 0.684. The first-order valence-corrected chi connectivity index (χ1v) is 6.02. The van der Waals surface area contributed by atoms with Gasteiger partial charge >= 0.3 is 5.97 Å². The zero-order valence-corrected chi connectivity index (χ0v) is 10.9. The Morgan fingerprint density at radius 2 is 2.17 bits per heavy atom. The van der Waals surface area contributed by atoms with E-state index in [1.165, 1.54) is 0 Å². The molecule has 0 saturated carbocycles. The summed E-state index contributed by atoms with van der Waals surface area (Å²) in [4.78, 5) is 18.6. The van der Waals surface area contributed by atoms with Gasteiger partial charge in [0.05, 0.1) is 13.2 Å². The number of aromatic nitrogens is 2. The maximum absolute atomic E-state index is 11.6. The molecule has 5 nitrogen and oxygen atoms in total. The first kappa shape index (κ1) is 12.7. The van der Waals surface area contributed by atoms with Gasteiger partial charge in [-0.25, -0.2) is 9.78 Å². The van der Waals surface area contributed by atoms with E-state index in [1.54, 1.807) is 19.1 Å². The Morgan fingerprint density at radius 1 is 1.39 bits per heavy atom. The minimum Gasteiger partial charge on any atom is -0.491 e. The lowest BCUT2D eigenvalue weighted by molar-refractivity contribution is 0.0520. The van der Waals surface area contributed by atoms with Crippen LogP contribution in [0.2, 0.25) is 5.15 Å². The summed E-state index contributed by atoms with van der Waals surface area (Å²) in [5, 5.41) is 1.02. The number of fused-ring (bicyclic) bond motifs is 1. The van der Waals surface area contributed by atoms with Gasteiger partial charge in [0.25, 0.3) is 0 Å². The highest BCUT2D eigenvalue weighted by Crippen LogP contribution is 2.27.